The molecule has 2 aliphatic rings. The van der Waals surface area contributed by atoms with Crippen LogP contribution in [0.4, 0.5) is 0 Å². The van der Waals surface area contributed by atoms with Crippen molar-refractivity contribution in [3.8, 4) is 5.75 Å². The van der Waals surface area contributed by atoms with Crippen molar-refractivity contribution >= 4 is 23.7 Å². The summed E-state index contributed by atoms with van der Waals surface area (Å²) in [6.07, 6.45) is 0.550. The van der Waals surface area contributed by atoms with Gasteiger partial charge in [-0.25, -0.2) is 0 Å². The normalized spacial score (nSPS) is 21.0. The maximum absolute atomic E-state index is 12.7. The molecule has 2 atom stereocenters. The molecule has 31 heavy (non-hydrogen) atoms. The van der Waals surface area contributed by atoms with Gasteiger partial charge in [0.25, 0.3) is 5.91 Å². The number of amides is 3. The predicted molar refractivity (Wildman–Crippen MR) is 109 cm³/mol. The molecule has 0 spiro atoms. The van der Waals surface area contributed by atoms with Crippen LogP contribution in [-0.2, 0) is 19.1 Å². The van der Waals surface area contributed by atoms with Gasteiger partial charge in [0, 0.05) is 24.0 Å². The lowest BCUT2D eigenvalue weighted by Gasteiger charge is -2.31. The number of aliphatic hydroxyl groups is 1. The largest absolute Gasteiger partial charge is 0.494 e. The Morgan fingerprint density at radius 2 is 1.97 bits per heavy atom. The van der Waals surface area contributed by atoms with E-state index in [1.165, 1.54) is 0 Å². The Morgan fingerprint density at radius 1 is 1.23 bits per heavy atom. The molecular weight excluding hydrogens is 404 g/mol. The Balaban J connectivity index is 1.54. The second-order valence-corrected chi connectivity index (χ2v) is 8.69. The fraction of sp³-hybridized carbons (Fsp3) is 0.545. The molecule has 9 heteroatoms. The van der Waals surface area contributed by atoms with E-state index in [1.807, 2.05) is 20.8 Å². The first-order chi connectivity index (χ1) is 14.6. The monoisotopic (exact) mass is 432 g/mol. The summed E-state index contributed by atoms with van der Waals surface area (Å²) in [4.78, 5) is 49.0. The van der Waals surface area contributed by atoms with Crippen LogP contribution in [0.25, 0.3) is 0 Å². The lowest BCUT2D eigenvalue weighted by molar-refractivity contribution is -0.155. The van der Waals surface area contributed by atoms with Crippen LogP contribution in [0.3, 0.4) is 0 Å². The van der Waals surface area contributed by atoms with E-state index in [0.29, 0.717) is 42.7 Å². The summed E-state index contributed by atoms with van der Waals surface area (Å²) in [6.45, 7) is 5.83. The summed E-state index contributed by atoms with van der Waals surface area (Å²) < 4.78 is 11.0. The van der Waals surface area contributed by atoms with Crippen molar-refractivity contribution in [1.82, 2.24) is 10.2 Å². The second-order valence-electron chi connectivity index (χ2n) is 8.69. The van der Waals surface area contributed by atoms with Crippen molar-refractivity contribution in [2.24, 2.45) is 0 Å². The fourth-order valence-corrected chi connectivity index (χ4v) is 3.65. The van der Waals surface area contributed by atoms with Crippen LogP contribution < -0.4 is 10.1 Å². The van der Waals surface area contributed by atoms with E-state index >= 15 is 0 Å². The van der Waals surface area contributed by atoms with Crippen molar-refractivity contribution < 1.29 is 33.8 Å². The van der Waals surface area contributed by atoms with Gasteiger partial charge in [0.1, 0.15) is 17.4 Å². The lowest BCUT2D eigenvalue weighted by Crippen LogP contribution is -2.53. The van der Waals surface area contributed by atoms with Gasteiger partial charge in [0.05, 0.1) is 6.61 Å². The highest BCUT2D eigenvalue weighted by atomic mass is 16.6. The number of rotatable bonds is 7. The maximum atomic E-state index is 12.7. The summed E-state index contributed by atoms with van der Waals surface area (Å²) in [5, 5.41) is 12.9. The minimum Gasteiger partial charge on any atom is -0.494 e. The van der Waals surface area contributed by atoms with E-state index in [4.69, 9.17) is 9.47 Å². The molecule has 9 nitrogen and oxygen atoms in total. The topological polar surface area (TPSA) is 122 Å². The number of piperidine rings is 1. The van der Waals surface area contributed by atoms with Crippen LogP contribution in [0.5, 0.6) is 5.75 Å². The van der Waals surface area contributed by atoms with Gasteiger partial charge in [0.2, 0.25) is 11.8 Å². The molecule has 2 unspecified atom stereocenters. The molecule has 0 radical (unpaired) electrons. The Labute approximate surface area is 180 Å². The third-order valence-electron chi connectivity index (χ3n) is 5.04. The van der Waals surface area contributed by atoms with Gasteiger partial charge in [-0.2, -0.15) is 0 Å². The molecule has 1 fully saturated rings. The Kier molecular flexibility index (Phi) is 6.64. The third kappa shape index (κ3) is 5.41. The number of esters is 1. The number of nitrogens with zero attached hydrogens (tertiary/aromatic N) is 1. The number of carbonyl (C=O) groups excluding carboxylic acids is 4. The third-order valence-corrected chi connectivity index (χ3v) is 5.04. The average molecular weight is 432 g/mol. The molecule has 2 N–H and O–H groups in total. The zero-order chi connectivity index (χ0) is 22.8. The molecule has 2 heterocycles. The number of aliphatic hydroxyl groups excluding tert-OH is 1. The predicted octanol–water partition coefficient (Wildman–Crippen LogP) is 1.83. The molecule has 2 aliphatic heterocycles. The van der Waals surface area contributed by atoms with E-state index in [1.54, 1.807) is 18.2 Å². The summed E-state index contributed by atoms with van der Waals surface area (Å²) in [5.74, 6) is -1.20. The number of hydrogen-bond donors (Lipinski definition) is 2. The highest BCUT2D eigenvalue weighted by Gasteiger charge is 2.44. The standard InChI is InChI=1S/C22H28N2O7/c1-22(2,3)31-18(26)6-4-5-11-30-13-7-8-14-15(12-13)21(29)24(20(14)28)16-9-10-17(25)23-19(16)27/h7-8,12,16,21,29H,4-6,9-11H2,1-3H3,(H,23,25,27). The number of fused-ring (bicyclic) bond motifs is 1. The highest BCUT2D eigenvalue weighted by Crippen LogP contribution is 2.37. The van der Waals surface area contributed by atoms with Gasteiger partial charge in [0.15, 0.2) is 6.23 Å². The molecule has 0 aromatic heterocycles. The molecular formula is C22H28N2O7. The van der Waals surface area contributed by atoms with E-state index < -0.39 is 29.7 Å². The van der Waals surface area contributed by atoms with Gasteiger partial charge in [-0.15, -0.1) is 0 Å². The van der Waals surface area contributed by atoms with Crippen LogP contribution >= 0.6 is 0 Å². The van der Waals surface area contributed by atoms with Crippen molar-refractivity contribution in [2.45, 2.75) is 70.7 Å². The van der Waals surface area contributed by atoms with Crippen molar-refractivity contribution in [2.75, 3.05) is 6.61 Å². The quantitative estimate of drug-likeness (QED) is 0.383. The van der Waals surface area contributed by atoms with Gasteiger partial charge in [-0.05, 0) is 58.2 Å². The van der Waals surface area contributed by atoms with Crippen LogP contribution in [-0.4, -0.2) is 51.9 Å². The van der Waals surface area contributed by atoms with Crippen LogP contribution in [0.1, 0.15) is 75.0 Å². The summed E-state index contributed by atoms with van der Waals surface area (Å²) in [7, 11) is 0. The van der Waals surface area contributed by atoms with Crippen LogP contribution in [0.2, 0.25) is 0 Å². The summed E-state index contributed by atoms with van der Waals surface area (Å²) in [6, 6.07) is 3.87. The van der Waals surface area contributed by atoms with E-state index in [2.05, 4.69) is 5.32 Å². The van der Waals surface area contributed by atoms with Gasteiger partial charge in [-0.1, -0.05) is 0 Å². The van der Waals surface area contributed by atoms with Gasteiger partial charge in [-0.3, -0.25) is 29.4 Å². The molecule has 3 rings (SSSR count). The molecule has 168 valence electrons. The molecule has 0 saturated carbocycles. The first-order valence-electron chi connectivity index (χ1n) is 10.4. The number of benzene rings is 1. The fourth-order valence-electron chi connectivity index (χ4n) is 3.65. The van der Waals surface area contributed by atoms with Crippen LogP contribution in [0.15, 0.2) is 18.2 Å². The zero-order valence-corrected chi connectivity index (χ0v) is 18.0. The molecule has 1 saturated heterocycles. The summed E-state index contributed by atoms with van der Waals surface area (Å²) in [5.41, 5.74) is 0.160. The molecule has 3 amide bonds. The van der Waals surface area contributed by atoms with Gasteiger partial charge < -0.3 is 14.6 Å². The Morgan fingerprint density at radius 3 is 2.65 bits per heavy atom. The number of carbonyl (C=O) groups is 4. The van der Waals surface area contributed by atoms with Crippen molar-refractivity contribution in [3.05, 3.63) is 29.3 Å². The Hall–Kier alpha value is -2.94. The number of imide groups is 1. The number of unbranched alkanes of at least 4 members (excludes halogenated alkanes) is 1. The SMILES string of the molecule is CC(C)(C)OC(=O)CCCCOc1ccc2c(c1)C(O)N(C1CCC(=O)NC1=O)C2=O. The highest BCUT2D eigenvalue weighted by molar-refractivity contribution is 6.05. The Bertz CT molecular complexity index is 890. The lowest BCUT2D eigenvalue weighted by atomic mass is 10.0. The number of nitrogens with one attached hydrogen (secondary N) is 1. The minimum absolute atomic E-state index is 0.112. The number of hydrogen-bond acceptors (Lipinski definition) is 7. The van der Waals surface area contributed by atoms with E-state index in [0.717, 1.165) is 4.90 Å². The number of ether oxygens (including phenoxy) is 2. The first kappa shape index (κ1) is 22.7. The maximum Gasteiger partial charge on any atom is 0.306 e. The van der Waals surface area contributed by atoms with E-state index in [9.17, 15) is 24.3 Å². The minimum atomic E-state index is -1.29. The van der Waals surface area contributed by atoms with Crippen molar-refractivity contribution in [1.29, 1.82) is 0 Å². The molecule has 0 bridgehead atoms. The molecule has 1 aromatic carbocycles. The van der Waals surface area contributed by atoms with Crippen molar-refractivity contribution in [3.63, 3.8) is 0 Å². The van der Waals surface area contributed by atoms with Gasteiger partial charge >= 0.3 is 5.97 Å². The second kappa shape index (κ2) is 9.05. The smallest absolute Gasteiger partial charge is 0.306 e. The van der Waals surface area contributed by atoms with E-state index in [-0.39, 0.29) is 24.7 Å². The zero-order valence-electron chi connectivity index (χ0n) is 18.0. The molecule has 0 aliphatic carbocycles. The average Bonchev–Trinajstić information content (AvgIpc) is 2.91. The van der Waals surface area contributed by atoms with Crippen LogP contribution in [0, 0.1) is 0 Å². The first-order valence-corrected chi connectivity index (χ1v) is 10.4. The summed E-state index contributed by atoms with van der Waals surface area (Å²) >= 11 is 0. The molecule has 1 aromatic rings.